The van der Waals surface area contributed by atoms with Gasteiger partial charge in [0.2, 0.25) is 0 Å². The van der Waals surface area contributed by atoms with Crippen LogP contribution in [0.5, 0.6) is 0 Å². The molecule has 1 heterocycles. The summed E-state index contributed by atoms with van der Waals surface area (Å²) in [6.07, 6.45) is -0.771. The first-order chi connectivity index (χ1) is 4.54. The van der Waals surface area contributed by atoms with Crippen LogP contribution >= 0.6 is 0 Å². The van der Waals surface area contributed by atoms with E-state index in [1.165, 1.54) is 6.92 Å². The van der Waals surface area contributed by atoms with Gasteiger partial charge in [-0.1, -0.05) is 0 Å². The number of aliphatic hydroxyl groups is 1. The average molecular weight is 146 g/mol. The summed E-state index contributed by atoms with van der Waals surface area (Å²) in [5.74, 6) is -0.357. The van der Waals surface area contributed by atoms with Crippen molar-refractivity contribution in [2.24, 2.45) is 0 Å². The van der Waals surface area contributed by atoms with Crippen LogP contribution in [0.1, 0.15) is 13.8 Å². The Balaban J connectivity index is 2.21. The molecule has 2 unspecified atom stereocenters. The van der Waals surface area contributed by atoms with Crippen LogP contribution in [0, 0.1) is 0 Å². The van der Waals surface area contributed by atoms with E-state index < -0.39 is 11.9 Å². The van der Waals surface area contributed by atoms with Crippen LogP contribution in [0.2, 0.25) is 0 Å². The van der Waals surface area contributed by atoms with Gasteiger partial charge in [-0.2, -0.15) is 0 Å². The summed E-state index contributed by atoms with van der Waals surface area (Å²) >= 11 is 0. The largest absolute Gasteiger partial charge is 0.463 e. The molecule has 58 valence electrons. The first kappa shape index (κ1) is 7.50. The molecule has 0 aromatic heterocycles. The van der Waals surface area contributed by atoms with Crippen LogP contribution in [0.3, 0.4) is 0 Å². The van der Waals surface area contributed by atoms with E-state index in [0.717, 1.165) is 0 Å². The Morgan fingerprint density at radius 2 is 2.40 bits per heavy atom. The van der Waals surface area contributed by atoms with Gasteiger partial charge < -0.3 is 14.6 Å². The molecule has 0 aromatic rings. The van der Waals surface area contributed by atoms with E-state index >= 15 is 0 Å². The molecular weight excluding hydrogens is 136 g/mol. The monoisotopic (exact) mass is 146 g/mol. The molecule has 4 nitrogen and oxygen atoms in total. The van der Waals surface area contributed by atoms with E-state index in [-0.39, 0.29) is 12.6 Å². The van der Waals surface area contributed by atoms with E-state index in [2.05, 4.69) is 4.74 Å². The highest BCUT2D eigenvalue weighted by molar-refractivity contribution is 5.66. The van der Waals surface area contributed by atoms with Crippen LogP contribution in [0.25, 0.3) is 0 Å². The lowest BCUT2D eigenvalue weighted by Gasteiger charge is -2.03. The molecule has 4 heteroatoms. The molecule has 2 atom stereocenters. The zero-order valence-electron chi connectivity index (χ0n) is 5.96. The number of hydrogen-bond acceptors (Lipinski definition) is 4. The molecule has 1 aliphatic rings. The predicted octanol–water partition coefficient (Wildman–Crippen LogP) is -0.343. The quantitative estimate of drug-likeness (QED) is 0.427. The summed E-state index contributed by atoms with van der Waals surface area (Å²) in [5.41, 5.74) is -0.647. The lowest BCUT2D eigenvalue weighted by molar-refractivity contribution is -0.142. The molecule has 0 aromatic carbocycles. The number of aliphatic hydroxyl groups excluding tert-OH is 1. The fourth-order valence-corrected chi connectivity index (χ4v) is 0.571. The minimum Gasteiger partial charge on any atom is -0.463 e. The van der Waals surface area contributed by atoms with Crippen molar-refractivity contribution in [1.82, 2.24) is 0 Å². The Morgan fingerprint density at radius 3 is 2.70 bits per heavy atom. The molecular formula is C6H10O4. The van der Waals surface area contributed by atoms with Crippen molar-refractivity contribution < 1.29 is 19.4 Å². The summed E-state index contributed by atoms with van der Waals surface area (Å²) in [4.78, 5) is 10.3. The topological polar surface area (TPSA) is 59.1 Å². The molecule has 0 radical (unpaired) electrons. The molecule has 0 aliphatic carbocycles. The van der Waals surface area contributed by atoms with Gasteiger partial charge in [-0.25, -0.2) is 0 Å². The number of carbonyl (C=O) groups excluding carboxylic acids is 1. The van der Waals surface area contributed by atoms with Gasteiger partial charge >= 0.3 is 5.97 Å². The van der Waals surface area contributed by atoms with Crippen LogP contribution in [-0.2, 0) is 14.3 Å². The van der Waals surface area contributed by atoms with Crippen molar-refractivity contribution in [3.05, 3.63) is 0 Å². The van der Waals surface area contributed by atoms with Crippen molar-refractivity contribution >= 4 is 5.97 Å². The van der Waals surface area contributed by atoms with Gasteiger partial charge in [0.25, 0.3) is 0 Å². The Bertz CT molecular complexity index is 156. The van der Waals surface area contributed by atoms with Gasteiger partial charge in [0, 0.05) is 6.92 Å². The average Bonchev–Trinajstić information content (AvgIpc) is 2.38. The second-order valence-electron chi connectivity index (χ2n) is 2.56. The second-order valence-corrected chi connectivity index (χ2v) is 2.56. The van der Waals surface area contributed by atoms with Gasteiger partial charge in [-0.05, 0) is 6.92 Å². The van der Waals surface area contributed by atoms with Crippen molar-refractivity contribution in [3.8, 4) is 0 Å². The van der Waals surface area contributed by atoms with E-state index in [0.29, 0.717) is 0 Å². The molecule has 0 saturated carbocycles. The molecule has 0 amide bonds. The van der Waals surface area contributed by atoms with Crippen LogP contribution in [0.4, 0.5) is 0 Å². The van der Waals surface area contributed by atoms with E-state index in [1.54, 1.807) is 6.92 Å². The number of epoxide rings is 1. The fourth-order valence-electron chi connectivity index (χ4n) is 0.571. The van der Waals surface area contributed by atoms with Gasteiger partial charge in [-0.3, -0.25) is 4.79 Å². The first-order valence-electron chi connectivity index (χ1n) is 3.04. The summed E-state index contributed by atoms with van der Waals surface area (Å²) in [5, 5.41) is 8.79. The molecule has 1 rings (SSSR count). The van der Waals surface area contributed by atoms with E-state index in [4.69, 9.17) is 9.84 Å². The number of ether oxygens (including phenoxy) is 2. The maximum atomic E-state index is 10.3. The van der Waals surface area contributed by atoms with Gasteiger partial charge in [-0.15, -0.1) is 0 Å². The first-order valence-corrected chi connectivity index (χ1v) is 3.04. The predicted molar refractivity (Wildman–Crippen MR) is 32.1 cm³/mol. The number of hydrogen-bond donors (Lipinski definition) is 1. The van der Waals surface area contributed by atoms with Gasteiger partial charge in [0.05, 0.1) is 0 Å². The maximum Gasteiger partial charge on any atom is 0.302 e. The molecule has 1 aliphatic heterocycles. The highest BCUT2D eigenvalue weighted by atomic mass is 16.7. The standard InChI is InChI=1S/C6H10O4/c1-4(7)9-3-6(2)5(8)10-6/h5,8H,3H2,1-2H3. The third-order valence-corrected chi connectivity index (χ3v) is 1.41. The van der Waals surface area contributed by atoms with Crippen molar-refractivity contribution in [2.45, 2.75) is 25.7 Å². The summed E-state index contributed by atoms with van der Waals surface area (Å²) < 4.78 is 9.35. The van der Waals surface area contributed by atoms with Crippen LogP contribution in [0.15, 0.2) is 0 Å². The highest BCUT2D eigenvalue weighted by Gasteiger charge is 2.52. The van der Waals surface area contributed by atoms with E-state index in [1.807, 2.05) is 0 Å². The SMILES string of the molecule is CC(=O)OCC1(C)OC1O. The molecule has 1 saturated heterocycles. The van der Waals surface area contributed by atoms with Crippen molar-refractivity contribution in [3.63, 3.8) is 0 Å². The van der Waals surface area contributed by atoms with Gasteiger partial charge in [0.15, 0.2) is 11.9 Å². The second kappa shape index (κ2) is 2.21. The molecule has 10 heavy (non-hydrogen) atoms. The number of rotatable bonds is 2. The van der Waals surface area contributed by atoms with Crippen molar-refractivity contribution in [1.29, 1.82) is 0 Å². The van der Waals surface area contributed by atoms with Gasteiger partial charge in [0.1, 0.15) is 6.61 Å². The van der Waals surface area contributed by atoms with E-state index in [9.17, 15) is 4.79 Å². The molecule has 0 spiro atoms. The zero-order chi connectivity index (χ0) is 7.78. The highest BCUT2D eigenvalue weighted by Crippen LogP contribution is 2.33. The Hall–Kier alpha value is -0.610. The third-order valence-electron chi connectivity index (χ3n) is 1.41. The number of esters is 1. The smallest absolute Gasteiger partial charge is 0.302 e. The lowest BCUT2D eigenvalue weighted by atomic mass is 10.2. The molecule has 1 N–H and O–H groups in total. The Labute approximate surface area is 58.7 Å². The third kappa shape index (κ3) is 1.46. The Morgan fingerprint density at radius 1 is 1.90 bits per heavy atom. The summed E-state index contributed by atoms with van der Waals surface area (Å²) in [6.45, 7) is 3.13. The molecule has 0 bridgehead atoms. The normalized spacial score (nSPS) is 37.3. The minimum absolute atomic E-state index is 0.128. The maximum absolute atomic E-state index is 10.3. The Kier molecular flexibility index (Phi) is 1.66. The minimum atomic E-state index is -0.771. The molecule has 1 fully saturated rings. The van der Waals surface area contributed by atoms with Crippen molar-refractivity contribution in [2.75, 3.05) is 6.61 Å². The lowest BCUT2D eigenvalue weighted by Crippen LogP contribution is -2.19. The zero-order valence-corrected chi connectivity index (χ0v) is 5.96. The summed E-state index contributed by atoms with van der Waals surface area (Å²) in [7, 11) is 0. The van der Waals surface area contributed by atoms with Crippen LogP contribution in [-0.4, -0.2) is 29.6 Å². The fraction of sp³-hybridized carbons (Fsp3) is 0.833. The summed E-state index contributed by atoms with van der Waals surface area (Å²) in [6, 6.07) is 0. The number of carbonyl (C=O) groups is 1. The van der Waals surface area contributed by atoms with Crippen LogP contribution < -0.4 is 0 Å².